The average molecular weight is 219 g/mol. The molecule has 2 rings (SSSR count). The molecule has 0 heterocycles. The first-order valence-electron chi connectivity index (χ1n) is 6.22. The van der Waals surface area contributed by atoms with Gasteiger partial charge in [-0.15, -0.1) is 0 Å². The molecule has 16 heavy (non-hydrogen) atoms. The van der Waals surface area contributed by atoms with Gasteiger partial charge in [0.15, 0.2) is 0 Å². The molecule has 1 aliphatic carbocycles. The van der Waals surface area contributed by atoms with Crippen LogP contribution in [0.1, 0.15) is 36.8 Å². The van der Waals surface area contributed by atoms with E-state index >= 15 is 0 Å². The van der Waals surface area contributed by atoms with E-state index in [0.29, 0.717) is 6.54 Å². The van der Waals surface area contributed by atoms with Crippen LogP contribution in [0.2, 0.25) is 0 Å². The van der Waals surface area contributed by atoms with Crippen molar-refractivity contribution < 1.29 is 4.74 Å². The molecule has 0 unspecified atom stereocenters. The normalized spacial score (nSPS) is 15.9. The maximum atomic E-state index is 5.75. The standard InChI is InChI=1S/C14H21NO/c1-11-9-14(6-5-13(11)10-15)16-8-7-12-3-2-4-12/h5-6,9,12H,2-4,7-8,10,15H2,1H3. The van der Waals surface area contributed by atoms with E-state index in [2.05, 4.69) is 19.1 Å². The van der Waals surface area contributed by atoms with Crippen molar-refractivity contribution in [2.45, 2.75) is 39.2 Å². The first-order valence-corrected chi connectivity index (χ1v) is 6.22. The first kappa shape index (κ1) is 11.5. The Balaban J connectivity index is 1.81. The second-order valence-electron chi connectivity index (χ2n) is 4.73. The maximum absolute atomic E-state index is 5.75. The van der Waals surface area contributed by atoms with E-state index in [1.54, 1.807) is 0 Å². The molecule has 0 radical (unpaired) electrons. The van der Waals surface area contributed by atoms with Crippen LogP contribution < -0.4 is 10.5 Å². The van der Waals surface area contributed by atoms with E-state index in [1.807, 2.05) is 6.07 Å². The molecule has 1 aromatic rings. The molecule has 2 heteroatoms. The van der Waals surface area contributed by atoms with Crippen LogP contribution in [0.15, 0.2) is 18.2 Å². The van der Waals surface area contributed by atoms with Crippen LogP contribution in [0.5, 0.6) is 5.75 Å². The highest BCUT2D eigenvalue weighted by Crippen LogP contribution is 2.29. The van der Waals surface area contributed by atoms with E-state index in [1.165, 1.54) is 36.8 Å². The molecule has 1 fully saturated rings. The van der Waals surface area contributed by atoms with Gasteiger partial charge >= 0.3 is 0 Å². The Morgan fingerprint density at radius 1 is 1.38 bits per heavy atom. The minimum absolute atomic E-state index is 0.605. The van der Waals surface area contributed by atoms with Crippen LogP contribution in [0, 0.1) is 12.8 Å². The molecule has 0 saturated heterocycles. The zero-order valence-corrected chi connectivity index (χ0v) is 10.0. The van der Waals surface area contributed by atoms with Gasteiger partial charge in [-0.2, -0.15) is 0 Å². The number of benzene rings is 1. The predicted molar refractivity (Wildman–Crippen MR) is 66.5 cm³/mol. The van der Waals surface area contributed by atoms with Gasteiger partial charge in [-0.25, -0.2) is 0 Å². The van der Waals surface area contributed by atoms with Crippen molar-refractivity contribution >= 4 is 0 Å². The Bertz CT molecular complexity index is 345. The van der Waals surface area contributed by atoms with Gasteiger partial charge in [-0.3, -0.25) is 0 Å². The van der Waals surface area contributed by atoms with Gasteiger partial charge in [0.25, 0.3) is 0 Å². The van der Waals surface area contributed by atoms with Crippen LogP contribution in [-0.2, 0) is 6.54 Å². The van der Waals surface area contributed by atoms with Crippen molar-refractivity contribution in [2.24, 2.45) is 11.7 Å². The fourth-order valence-corrected chi connectivity index (χ4v) is 2.11. The van der Waals surface area contributed by atoms with Gasteiger partial charge in [-0.05, 0) is 42.5 Å². The number of aryl methyl sites for hydroxylation is 1. The zero-order valence-electron chi connectivity index (χ0n) is 10.0. The summed E-state index contributed by atoms with van der Waals surface area (Å²) in [7, 11) is 0. The summed E-state index contributed by atoms with van der Waals surface area (Å²) < 4.78 is 5.75. The monoisotopic (exact) mass is 219 g/mol. The van der Waals surface area contributed by atoms with Gasteiger partial charge in [0.05, 0.1) is 6.61 Å². The third-order valence-corrected chi connectivity index (χ3v) is 3.55. The van der Waals surface area contributed by atoms with Crippen molar-refractivity contribution in [2.75, 3.05) is 6.61 Å². The highest BCUT2D eigenvalue weighted by atomic mass is 16.5. The molecular weight excluding hydrogens is 198 g/mol. The Morgan fingerprint density at radius 2 is 2.19 bits per heavy atom. The third-order valence-electron chi connectivity index (χ3n) is 3.55. The molecule has 0 bridgehead atoms. The van der Waals surface area contributed by atoms with Crippen LogP contribution in [0.25, 0.3) is 0 Å². The van der Waals surface area contributed by atoms with Crippen molar-refractivity contribution in [3.05, 3.63) is 29.3 Å². The topological polar surface area (TPSA) is 35.2 Å². The summed E-state index contributed by atoms with van der Waals surface area (Å²) in [6.07, 6.45) is 5.41. The van der Waals surface area contributed by atoms with E-state index in [9.17, 15) is 0 Å². The van der Waals surface area contributed by atoms with Crippen LogP contribution in [0.3, 0.4) is 0 Å². The van der Waals surface area contributed by atoms with E-state index < -0.39 is 0 Å². The quantitative estimate of drug-likeness (QED) is 0.826. The SMILES string of the molecule is Cc1cc(OCCC2CCC2)ccc1CN. The average Bonchev–Trinajstić information content (AvgIpc) is 2.22. The number of hydrogen-bond donors (Lipinski definition) is 1. The van der Waals surface area contributed by atoms with Crippen molar-refractivity contribution in [1.82, 2.24) is 0 Å². The largest absolute Gasteiger partial charge is 0.494 e. The highest BCUT2D eigenvalue weighted by Gasteiger charge is 2.16. The number of rotatable bonds is 5. The van der Waals surface area contributed by atoms with Crippen molar-refractivity contribution in [3.63, 3.8) is 0 Å². The van der Waals surface area contributed by atoms with Gasteiger partial charge in [0.1, 0.15) is 5.75 Å². The second-order valence-corrected chi connectivity index (χ2v) is 4.73. The molecule has 2 N–H and O–H groups in total. The van der Waals surface area contributed by atoms with E-state index in [4.69, 9.17) is 10.5 Å². The molecule has 1 saturated carbocycles. The minimum Gasteiger partial charge on any atom is -0.494 e. The fourth-order valence-electron chi connectivity index (χ4n) is 2.11. The lowest BCUT2D eigenvalue weighted by atomic mass is 9.83. The maximum Gasteiger partial charge on any atom is 0.119 e. The second kappa shape index (κ2) is 5.35. The van der Waals surface area contributed by atoms with E-state index in [0.717, 1.165) is 18.3 Å². The van der Waals surface area contributed by atoms with Crippen LogP contribution >= 0.6 is 0 Å². The molecule has 0 spiro atoms. The summed E-state index contributed by atoms with van der Waals surface area (Å²) in [5.41, 5.74) is 8.05. The summed E-state index contributed by atoms with van der Waals surface area (Å²) in [4.78, 5) is 0. The Labute approximate surface area is 97.8 Å². The minimum atomic E-state index is 0.605. The van der Waals surface area contributed by atoms with Crippen LogP contribution in [-0.4, -0.2) is 6.61 Å². The smallest absolute Gasteiger partial charge is 0.119 e. The fraction of sp³-hybridized carbons (Fsp3) is 0.571. The lowest BCUT2D eigenvalue weighted by molar-refractivity contribution is 0.222. The lowest BCUT2D eigenvalue weighted by Crippen LogP contribution is -2.14. The zero-order chi connectivity index (χ0) is 11.4. The summed E-state index contributed by atoms with van der Waals surface area (Å²) in [6.45, 7) is 3.54. The molecule has 2 nitrogen and oxygen atoms in total. The first-order chi connectivity index (χ1) is 7.79. The molecule has 88 valence electrons. The van der Waals surface area contributed by atoms with Crippen molar-refractivity contribution in [1.29, 1.82) is 0 Å². The molecule has 0 atom stereocenters. The molecule has 1 aliphatic rings. The summed E-state index contributed by atoms with van der Waals surface area (Å²) >= 11 is 0. The Hall–Kier alpha value is -1.02. The Kier molecular flexibility index (Phi) is 3.83. The van der Waals surface area contributed by atoms with Gasteiger partial charge in [-0.1, -0.05) is 25.3 Å². The summed E-state index contributed by atoms with van der Waals surface area (Å²) in [6, 6.07) is 6.17. The molecule has 0 amide bonds. The highest BCUT2D eigenvalue weighted by molar-refractivity contribution is 5.34. The Morgan fingerprint density at radius 3 is 2.75 bits per heavy atom. The molecular formula is C14H21NO. The molecule has 0 aromatic heterocycles. The summed E-state index contributed by atoms with van der Waals surface area (Å²) in [5.74, 6) is 1.90. The predicted octanol–water partition coefficient (Wildman–Crippen LogP) is 3.02. The van der Waals surface area contributed by atoms with Gasteiger partial charge in [0, 0.05) is 6.54 Å². The van der Waals surface area contributed by atoms with E-state index in [-0.39, 0.29) is 0 Å². The summed E-state index contributed by atoms with van der Waals surface area (Å²) in [5, 5.41) is 0. The van der Waals surface area contributed by atoms with Crippen LogP contribution in [0.4, 0.5) is 0 Å². The number of nitrogens with two attached hydrogens (primary N) is 1. The molecule has 0 aliphatic heterocycles. The lowest BCUT2D eigenvalue weighted by Gasteiger charge is -2.25. The van der Waals surface area contributed by atoms with Gasteiger partial charge in [0.2, 0.25) is 0 Å². The number of hydrogen-bond acceptors (Lipinski definition) is 2. The van der Waals surface area contributed by atoms with Gasteiger partial charge < -0.3 is 10.5 Å². The third kappa shape index (κ3) is 2.76. The number of ether oxygens (including phenoxy) is 1. The van der Waals surface area contributed by atoms with Crippen molar-refractivity contribution in [3.8, 4) is 5.75 Å². The molecule has 1 aromatic carbocycles.